The summed E-state index contributed by atoms with van der Waals surface area (Å²) in [5, 5.41) is 11.7. The highest BCUT2D eigenvalue weighted by Gasteiger charge is 2.19. The number of anilines is 1. The Bertz CT molecular complexity index is 891. The van der Waals surface area contributed by atoms with Crippen LogP contribution in [0, 0.1) is 11.3 Å². The van der Waals surface area contributed by atoms with E-state index in [2.05, 4.69) is 5.32 Å². The number of rotatable bonds is 5. The molecule has 1 N–H and O–H groups in total. The molecule has 1 amide bonds. The number of benzene rings is 2. The van der Waals surface area contributed by atoms with Crippen LogP contribution in [0.25, 0.3) is 0 Å². The number of carbonyl (C=O) groups excluding carboxylic acids is 2. The van der Waals surface area contributed by atoms with Gasteiger partial charge >= 0.3 is 5.97 Å². The molecule has 0 atom stereocenters. The standard InChI is InChI=1S/C19H15ClN2O3S2/c20-16-9-15(6-5-14(16)10-21)22-17(23)11-25-18(24)12-1-3-13(4-2-12)19-26-7-8-27-19/h1-6,9,19H,7-8,11H2,(H,22,23). The molecule has 0 aromatic heterocycles. The molecule has 27 heavy (non-hydrogen) atoms. The lowest BCUT2D eigenvalue weighted by Gasteiger charge is -2.10. The van der Waals surface area contributed by atoms with Crippen LogP contribution in [0.1, 0.15) is 26.1 Å². The van der Waals surface area contributed by atoms with Gasteiger partial charge in [-0.1, -0.05) is 23.7 Å². The van der Waals surface area contributed by atoms with Crippen molar-refractivity contribution in [3.8, 4) is 6.07 Å². The Hall–Kier alpha value is -2.14. The molecule has 1 heterocycles. The fourth-order valence-corrected chi connectivity index (χ4v) is 5.50. The number of thioether (sulfide) groups is 2. The minimum atomic E-state index is -0.554. The summed E-state index contributed by atoms with van der Waals surface area (Å²) in [5.74, 6) is 1.23. The molecule has 2 aromatic rings. The Labute approximate surface area is 170 Å². The van der Waals surface area contributed by atoms with Gasteiger partial charge in [-0.2, -0.15) is 5.26 Å². The van der Waals surface area contributed by atoms with Crippen LogP contribution in [0.5, 0.6) is 0 Å². The number of esters is 1. The molecular formula is C19H15ClN2O3S2. The third-order valence-corrected chi connectivity index (χ3v) is 7.17. The molecule has 1 aliphatic heterocycles. The average Bonchev–Trinajstić information content (AvgIpc) is 3.21. The Balaban J connectivity index is 1.51. The largest absolute Gasteiger partial charge is 0.452 e. The molecule has 0 radical (unpaired) electrons. The monoisotopic (exact) mass is 418 g/mol. The van der Waals surface area contributed by atoms with E-state index < -0.39 is 18.5 Å². The number of hydrogen-bond donors (Lipinski definition) is 1. The van der Waals surface area contributed by atoms with E-state index in [4.69, 9.17) is 21.6 Å². The third kappa shape index (κ3) is 5.19. The van der Waals surface area contributed by atoms with Gasteiger partial charge in [-0.25, -0.2) is 4.79 Å². The first kappa shape index (κ1) is 19.6. The zero-order valence-corrected chi connectivity index (χ0v) is 16.5. The molecular weight excluding hydrogens is 404 g/mol. The molecule has 1 fully saturated rings. The summed E-state index contributed by atoms with van der Waals surface area (Å²) in [7, 11) is 0. The molecule has 8 heteroatoms. The number of ether oxygens (including phenoxy) is 1. The molecule has 0 aliphatic carbocycles. The van der Waals surface area contributed by atoms with E-state index in [1.54, 1.807) is 18.2 Å². The number of amides is 1. The molecule has 0 spiro atoms. The van der Waals surface area contributed by atoms with Crippen LogP contribution in [-0.2, 0) is 9.53 Å². The number of hydrogen-bond acceptors (Lipinski definition) is 6. The summed E-state index contributed by atoms with van der Waals surface area (Å²) in [6, 6.07) is 13.8. The molecule has 1 aliphatic rings. The molecule has 138 valence electrons. The highest BCUT2D eigenvalue weighted by atomic mass is 35.5. The van der Waals surface area contributed by atoms with E-state index in [9.17, 15) is 9.59 Å². The van der Waals surface area contributed by atoms with Gasteiger partial charge in [-0.3, -0.25) is 4.79 Å². The van der Waals surface area contributed by atoms with E-state index in [1.165, 1.54) is 17.7 Å². The maximum Gasteiger partial charge on any atom is 0.338 e. The zero-order chi connectivity index (χ0) is 19.2. The maximum atomic E-state index is 12.1. The summed E-state index contributed by atoms with van der Waals surface area (Å²) >= 11 is 9.71. The van der Waals surface area contributed by atoms with Crippen molar-refractivity contribution in [2.24, 2.45) is 0 Å². The number of nitriles is 1. The Morgan fingerprint density at radius 1 is 1.19 bits per heavy atom. The summed E-state index contributed by atoms with van der Waals surface area (Å²) < 4.78 is 5.47. The second kappa shape index (κ2) is 9.18. The van der Waals surface area contributed by atoms with Crippen molar-refractivity contribution in [1.82, 2.24) is 0 Å². The number of nitrogens with one attached hydrogen (secondary N) is 1. The number of carbonyl (C=O) groups is 2. The fourth-order valence-electron chi connectivity index (χ4n) is 2.42. The van der Waals surface area contributed by atoms with Gasteiger partial charge in [0, 0.05) is 17.2 Å². The van der Waals surface area contributed by atoms with E-state index in [0.29, 0.717) is 21.4 Å². The first-order valence-corrected chi connectivity index (χ1v) is 10.5. The predicted octanol–water partition coefficient (Wildman–Crippen LogP) is 4.49. The SMILES string of the molecule is N#Cc1ccc(NC(=O)COC(=O)c2ccc(C3SCCS3)cc2)cc1Cl. The Morgan fingerprint density at radius 2 is 1.89 bits per heavy atom. The Kier molecular flexibility index (Phi) is 6.67. The molecule has 0 unspecified atom stereocenters. The lowest BCUT2D eigenvalue weighted by Crippen LogP contribution is -2.21. The fraction of sp³-hybridized carbons (Fsp3) is 0.211. The van der Waals surface area contributed by atoms with Crippen molar-refractivity contribution in [3.63, 3.8) is 0 Å². The minimum absolute atomic E-state index is 0.242. The summed E-state index contributed by atoms with van der Waals surface area (Å²) in [4.78, 5) is 24.0. The van der Waals surface area contributed by atoms with Gasteiger partial charge in [0.05, 0.1) is 20.7 Å². The van der Waals surface area contributed by atoms with Crippen LogP contribution >= 0.6 is 35.1 Å². The van der Waals surface area contributed by atoms with Crippen molar-refractivity contribution in [2.45, 2.75) is 4.58 Å². The van der Waals surface area contributed by atoms with Crippen LogP contribution in [0.2, 0.25) is 5.02 Å². The van der Waals surface area contributed by atoms with Crippen LogP contribution in [0.15, 0.2) is 42.5 Å². The third-order valence-electron chi connectivity index (χ3n) is 3.75. The summed E-state index contributed by atoms with van der Waals surface area (Å²) in [6.07, 6.45) is 0. The van der Waals surface area contributed by atoms with Gasteiger partial charge in [0.1, 0.15) is 6.07 Å². The van der Waals surface area contributed by atoms with E-state index in [-0.39, 0.29) is 5.02 Å². The van der Waals surface area contributed by atoms with Gasteiger partial charge in [0.15, 0.2) is 6.61 Å². The van der Waals surface area contributed by atoms with Gasteiger partial charge in [0.2, 0.25) is 0 Å². The molecule has 5 nitrogen and oxygen atoms in total. The van der Waals surface area contributed by atoms with Crippen molar-refractivity contribution in [2.75, 3.05) is 23.4 Å². The molecule has 1 saturated heterocycles. The van der Waals surface area contributed by atoms with Gasteiger partial charge < -0.3 is 10.1 Å². The summed E-state index contributed by atoms with van der Waals surface area (Å²) in [5.41, 5.74) is 2.32. The molecule has 2 aromatic carbocycles. The average molecular weight is 419 g/mol. The smallest absolute Gasteiger partial charge is 0.338 e. The van der Waals surface area contributed by atoms with Gasteiger partial charge in [-0.15, -0.1) is 23.5 Å². The van der Waals surface area contributed by atoms with Crippen LogP contribution < -0.4 is 5.32 Å². The van der Waals surface area contributed by atoms with Crippen LogP contribution in [0.4, 0.5) is 5.69 Å². The second-order valence-corrected chi connectivity index (χ2v) is 8.76. The topological polar surface area (TPSA) is 79.2 Å². The van der Waals surface area contributed by atoms with Crippen molar-refractivity contribution < 1.29 is 14.3 Å². The number of halogens is 1. The first-order chi connectivity index (χ1) is 13.1. The molecule has 0 bridgehead atoms. The molecule has 3 rings (SSSR count). The van der Waals surface area contributed by atoms with Crippen LogP contribution in [-0.4, -0.2) is 30.0 Å². The normalized spacial score (nSPS) is 13.8. The highest BCUT2D eigenvalue weighted by Crippen LogP contribution is 2.45. The van der Waals surface area contributed by atoms with E-state index >= 15 is 0 Å². The van der Waals surface area contributed by atoms with Gasteiger partial charge in [0.25, 0.3) is 5.91 Å². The predicted molar refractivity (Wildman–Crippen MR) is 109 cm³/mol. The lowest BCUT2D eigenvalue weighted by atomic mass is 10.1. The van der Waals surface area contributed by atoms with Crippen LogP contribution in [0.3, 0.4) is 0 Å². The van der Waals surface area contributed by atoms with Crippen molar-refractivity contribution >= 4 is 52.7 Å². The minimum Gasteiger partial charge on any atom is -0.452 e. The van der Waals surface area contributed by atoms with Crippen molar-refractivity contribution in [3.05, 3.63) is 64.2 Å². The van der Waals surface area contributed by atoms with Gasteiger partial charge in [-0.05, 0) is 35.9 Å². The molecule has 0 saturated carbocycles. The van der Waals surface area contributed by atoms with Crippen molar-refractivity contribution in [1.29, 1.82) is 5.26 Å². The van der Waals surface area contributed by atoms with E-state index in [1.807, 2.05) is 41.7 Å². The van der Waals surface area contributed by atoms with E-state index in [0.717, 1.165) is 11.5 Å². The second-order valence-electron chi connectivity index (χ2n) is 5.63. The zero-order valence-electron chi connectivity index (χ0n) is 14.1. The highest BCUT2D eigenvalue weighted by molar-refractivity contribution is 8.19. The maximum absolute atomic E-state index is 12.1. The lowest BCUT2D eigenvalue weighted by molar-refractivity contribution is -0.119. The quantitative estimate of drug-likeness (QED) is 0.721. The number of nitrogens with zero attached hydrogens (tertiary/aromatic N) is 1. The Morgan fingerprint density at radius 3 is 2.52 bits per heavy atom. The summed E-state index contributed by atoms with van der Waals surface area (Å²) in [6.45, 7) is -0.410. The first-order valence-electron chi connectivity index (χ1n) is 8.06.